The second-order valence-corrected chi connectivity index (χ2v) is 7.00. The number of rotatable bonds is 5. The van der Waals surface area contributed by atoms with Crippen LogP contribution in [0.2, 0.25) is 0 Å². The van der Waals surface area contributed by atoms with Crippen LogP contribution in [0.4, 0.5) is 0 Å². The van der Waals surface area contributed by atoms with Gasteiger partial charge in [-0.25, -0.2) is 4.68 Å². The Balaban J connectivity index is 1.76. The molecule has 1 fully saturated rings. The molecule has 0 atom stereocenters. The van der Waals surface area contributed by atoms with Crippen LogP contribution in [0.1, 0.15) is 44.9 Å². The van der Waals surface area contributed by atoms with E-state index < -0.39 is 0 Å². The molecular formula is C17H24N4. The summed E-state index contributed by atoms with van der Waals surface area (Å²) in [5.74, 6) is 0.890. The molecule has 4 heteroatoms. The van der Waals surface area contributed by atoms with E-state index in [1.54, 1.807) is 0 Å². The maximum Gasteiger partial charge on any atom is 0.0969 e. The van der Waals surface area contributed by atoms with Gasteiger partial charge in [0.25, 0.3) is 0 Å². The lowest BCUT2D eigenvalue weighted by molar-refractivity contribution is 0.582. The van der Waals surface area contributed by atoms with Gasteiger partial charge in [-0.3, -0.25) is 0 Å². The molecule has 3 rings (SSSR count). The normalized spacial score (nSPS) is 15.4. The maximum absolute atomic E-state index is 4.30. The van der Waals surface area contributed by atoms with Crippen molar-refractivity contribution in [2.45, 2.75) is 45.6 Å². The van der Waals surface area contributed by atoms with Gasteiger partial charge in [0.1, 0.15) is 0 Å². The Kier molecular flexibility index (Phi) is 3.81. The van der Waals surface area contributed by atoms with Crippen molar-refractivity contribution in [3.63, 3.8) is 0 Å². The zero-order chi connectivity index (χ0) is 14.9. The summed E-state index contributed by atoms with van der Waals surface area (Å²) in [6, 6.07) is 8.41. The molecule has 0 unspecified atom stereocenters. The van der Waals surface area contributed by atoms with Gasteiger partial charge in [0.2, 0.25) is 0 Å². The molecule has 1 heterocycles. The smallest absolute Gasteiger partial charge is 0.0969 e. The van der Waals surface area contributed by atoms with Crippen molar-refractivity contribution in [3.8, 4) is 5.69 Å². The maximum atomic E-state index is 4.30. The summed E-state index contributed by atoms with van der Waals surface area (Å²) in [7, 11) is 0. The lowest BCUT2D eigenvalue weighted by atomic mass is 9.86. The molecule has 0 spiro atoms. The first-order valence-electron chi connectivity index (χ1n) is 7.76. The predicted molar refractivity (Wildman–Crippen MR) is 84.5 cm³/mol. The van der Waals surface area contributed by atoms with Crippen LogP contribution in [0.3, 0.4) is 0 Å². The van der Waals surface area contributed by atoms with Crippen molar-refractivity contribution in [2.75, 3.05) is 6.54 Å². The number of nitrogens with one attached hydrogen (secondary N) is 1. The highest BCUT2D eigenvalue weighted by Crippen LogP contribution is 2.28. The minimum Gasteiger partial charge on any atom is -0.311 e. The fraction of sp³-hybridized carbons (Fsp3) is 0.529. The van der Waals surface area contributed by atoms with E-state index in [2.05, 4.69) is 60.7 Å². The minimum atomic E-state index is 0.0902. The summed E-state index contributed by atoms with van der Waals surface area (Å²) in [4.78, 5) is 0. The molecule has 1 saturated carbocycles. The molecule has 4 nitrogen and oxygen atoms in total. The fourth-order valence-electron chi connectivity index (χ4n) is 2.53. The highest BCUT2D eigenvalue weighted by Gasteiger charge is 2.21. The number of nitrogens with zero attached hydrogens (tertiary/aromatic N) is 3. The molecular weight excluding hydrogens is 260 g/mol. The molecule has 0 radical (unpaired) electrons. The lowest BCUT2D eigenvalue weighted by Gasteiger charge is -2.22. The fourth-order valence-corrected chi connectivity index (χ4v) is 2.53. The van der Waals surface area contributed by atoms with Gasteiger partial charge in [-0.15, -0.1) is 5.10 Å². The van der Waals surface area contributed by atoms with Gasteiger partial charge in [-0.2, -0.15) is 0 Å². The van der Waals surface area contributed by atoms with Crippen molar-refractivity contribution in [2.24, 2.45) is 5.92 Å². The molecule has 21 heavy (non-hydrogen) atoms. The first-order valence-corrected chi connectivity index (χ1v) is 7.76. The zero-order valence-corrected chi connectivity index (χ0v) is 13.1. The lowest BCUT2D eigenvalue weighted by Crippen LogP contribution is -2.16. The van der Waals surface area contributed by atoms with Crippen molar-refractivity contribution in [1.29, 1.82) is 0 Å². The van der Waals surface area contributed by atoms with E-state index in [1.807, 2.05) is 10.9 Å². The standard InChI is InChI=1S/C17H24N4/c1-17(2,3)15-6-4-5-7-16(15)21-12-14(19-20-21)11-18-10-13-8-9-13/h4-7,12-13,18H,8-11H2,1-3H3. The van der Waals surface area contributed by atoms with Gasteiger partial charge >= 0.3 is 0 Å². The Bertz CT molecular complexity index is 605. The average molecular weight is 284 g/mol. The number of hydrogen-bond acceptors (Lipinski definition) is 3. The molecule has 1 N–H and O–H groups in total. The van der Waals surface area contributed by atoms with Crippen LogP contribution in [0.15, 0.2) is 30.5 Å². The van der Waals surface area contributed by atoms with Gasteiger partial charge in [-0.1, -0.05) is 44.2 Å². The molecule has 0 saturated heterocycles. The van der Waals surface area contributed by atoms with Crippen LogP contribution in [-0.4, -0.2) is 21.5 Å². The summed E-state index contributed by atoms with van der Waals surface area (Å²) in [5.41, 5.74) is 3.49. The minimum absolute atomic E-state index is 0.0902. The predicted octanol–water partition coefficient (Wildman–Crippen LogP) is 3.06. The Morgan fingerprint density at radius 3 is 2.71 bits per heavy atom. The van der Waals surface area contributed by atoms with Crippen LogP contribution in [0.5, 0.6) is 0 Å². The van der Waals surface area contributed by atoms with E-state index >= 15 is 0 Å². The van der Waals surface area contributed by atoms with Crippen LogP contribution < -0.4 is 5.32 Å². The van der Waals surface area contributed by atoms with E-state index in [1.165, 1.54) is 18.4 Å². The second kappa shape index (κ2) is 5.60. The Morgan fingerprint density at radius 2 is 2.00 bits per heavy atom. The van der Waals surface area contributed by atoms with Crippen LogP contribution in [0, 0.1) is 5.92 Å². The van der Waals surface area contributed by atoms with Gasteiger partial charge in [-0.05, 0) is 42.3 Å². The summed E-state index contributed by atoms with van der Waals surface area (Å²) in [6.07, 6.45) is 4.78. The van der Waals surface area contributed by atoms with Gasteiger partial charge < -0.3 is 5.32 Å². The highest BCUT2D eigenvalue weighted by molar-refractivity contribution is 5.44. The molecule has 1 aliphatic rings. The van der Waals surface area contributed by atoms with E-state index in [9.17, 15) is 0 Å². The quantitative estimate of drug-likeness (QED) is 0.917. The van der Waals surface area contributed by atoms with Crippen molar-refractivity contribution in [1.82, 2.24) is 20.3 Å². The third-order valence-corrected chi connectivity index (χ3v) is 3.94. The second-order valence-electron chi connectivity index (χ2n) is 7.00. The monoisotopic (exact) mass is 284 g/mol. The van der Waals surface area contributed by atoms with E-state index in [4.69, 9.17) is 0 Å². The van der Waals surface area contributed by atoms with E-state index in [-0.39, 0.29) is 5.41 Å². The summed E-state index contributed by atoms with van der Waals surface area (Å²) in [6.45, 7) is 8.57. The third-order valence-electron chi connectivity index (χ3n) is 3.94. The molecule has 2 aromatic rings. The molecule has 0 amide bonds. The number of aromatic nitrogens is 3. The highest BCUT2D eigenvalue weighted by atomic mass is 15.4. The van der Waals surface area contributed by atoms with Crippen molar-refractivity contribution in [3.05, 3.63) is 41.7 Å². The molecule has 112 valence electrons. The zero-order valence-electron chi connectivity index (χ0n) is 13.1. The molecule has 1 aliphatic carbocycles. The first kappa shape index (κ1) is 14.3. The van der Waals surface area contributed by atoms with Crippen LogP contribution >= 0.6 is 0 Å². The molecule has 1 aromatic heterocycles. The topological polar surface area (TPSA) is 42.7 Å². The number of para-hydroxylation sites is 1. The van der Waals surface area contributed by atoms with Gasteiger partial charge in [0.05, 0.1) is 17.6 Å². The molecule has 0 aliphatic heterocycles. The summed E-state index contributed by atoms with van der Waals surface area (Å²) < 4.78 is 1.90. The van der Waals surface area contributed by atoms with Gasteiger partial charge in [0.15, 0.2) is 0 Å². The van der Waals surface area contributed by atoms with Crippen molar-refractivity contribution < 1.29 is 0 Å². The molecule has 0 bridgehead atoms. The molecule has 1 aromatic carbocycles. The van der Waals surface area contributed by atoms with Crippen LogP contribution in [0.25, 0.3) is 5.69 Å². The van der Waals surface area contributed by atoms with Gasteiger partial charge in [0, 0.05) is 6.54 Å². The first-order chi connectivity index (χ1) is 10.0. The Labute approximate surface area is 126 Å². The third kappa shape index (κ3) is 3.50. The van der Waals surface area contributed by atoms with E-state index in [0.717, 1.165) is 30.4 Å². The van der Waals surface area contributed by atoms with Crippen LogP contribution in [-0.2, 0) is 12.0 Å². The Morgan fingerprint density at radius 1 is 1.24 bits per heavy atom. The largest absolute Gasteiger partial charge is 0.311 e. The number of benzene rings is 1. The van der Waals surface area contributed by atoms with Crippen molar-refractivity contribution >= 4 is 0 Å². The van der Waals surface area contributed by atoms with E-state index in [0.29, 0.717) is 0 Å². The summed E-state index contributed by atoms with van der Waals surface area (Å²) >= 11 is 0. The Hall–Kier alpha value is -1.68. The summed E-state index contributed by atoms with van der Waals surface area (Å²) in [5, 5.41) is 12.0. The average Bonchev–Trinajstić information content (AvgIpc) is 3.14. The SMILES string of the molecule is CC(C)(C)c1ccccc1-n1cc(CNCC2CC2)nn1. The number of hydrogen-bond donors (Lipinski definition) is 1.